The normalized spacial score (nSPS) is 16.4. The summed E-state index contributed by atoms with van der Waals surface area (Å²) in [4.78, 5) is 13.0. The third kappa shape index (κ3) is 2.45. The van der Waals surface area contributed by atoms with Crippen LogP contribution in [0.4, 0.5) is 0 Å². The van der Waals surface area contributed by atoms with Crippen molar-refractivity contribution in [1.82, 2.24) is 0 Å². The van der Waals surface area contributed by atoms with Crippen LogP contribution in [0.15, 0.2) is 47.4 Å². The molecule has 0 unspecified atom stereocenters. The third-order valence-corrected chi connectivity index (χ3v) is 4.04. The molecule has 0 N–H and O–H groups in total. The third-order valence-electron chi connectivity index (χ3n) is 3.22. The van der Waals surface area contributed by atoms with Crippen molar-refractivity contribution in [2.75, 3.05) is 0 Å². The number of thiophene rings is 1. The van der Waals surface area contributed by atoms with Gasteiger partial charge in [0.15, 0.2) is 0 Å². The molecular formula is C17H14O2S. The van der Waals surface area contributed by atoms with Gasteiger partial charge in [0.1, 0.15) is 5.76 Å². The van der Waals surface area contributed by atoms with Gasteiger partial charge in [-0.05, 0) is 49.1 Å². The quantitative estimate of drug-likeness (QED) is 0.605. The second kappa shape index (κ2) is 5.10. The molecule has 0 radical (unpaired) electrons. The molecule has 1 aliphatic heterocycles. The Labute approximate surface area is 122 Å². The van der Waals surface area contributed by atoms with E-state index < -0.39 is 0 Å². The second-order valence-corrected chi connectivity index (χ2v) is 5.81. The predicted molar refractivity (Wildman–Crippen MR) is 82.3 cm³/mol. The first-order chi connectivity index (χ1) is 9.63. The van der Waals surface area contributed by atoms with Crippen LogP contribution in [0, 0.1) is 13.8 Å². The molecule has 0 bridgehead atoms. The molecule has 100 valence electrons. The zero-order valence-electron chi connectivity index (χ0n) is 11.3. The van der Waals surface area contributed by atoms with E-state index in [2.05, 4.69) is 6.07 Å². The number of hydrogen-bond donors (Lipinski definition) is 0. The fourth-order valence-electron chi connectivity index (χ4n) is 2.15. The second-order valence-electron chi connectivity index (χ2n) is 4.83. The molecule has 0 aliphatic carbocycles. The zero-order valence-corrected chi connectivity index (χ0v) is 12.2. The van der Waals surface area contributed by atoms with Gasteiger partial charge in [0.05, 0.1) is 5.57 Å². The Balaban J connectivity index is 2.00. The molecule has 2 nitrogen and oxygen atoms in total. The predicted octanol–water partition coefficient (Wildman–Crippen LogP) is 4.35. The van der Waals surface area contributed by atoms with Gasteiger partial charge >= 0.3 is 5.97 Å². The maximum absolute atomic E-state index is 11.9. The number of benzene rings is 1. The van der Waals surface area contributed by atoms with Gasteiger partial charge in [-0.25, -0.2) is 4.79 Å². The van der Waals surface area contributed by atoms with E-state index in [4.69, 9.17) is 4.74 Å². The lowest BCUT2D eigenvalue weighted by Gasteiger charge is -2.06. The summed E-state index contributed by atoms with van der Waals surface area (Å²) in [6.07, 6.45) is 3.69. The first-order valence-electron chi connectivity index (χ1n) is 6.40. The fourth-order valence-corrected chi connectivity index (χ4v) is 2.82. The minimum atomic E-state index is -0.283. The molecule has 0 amide bonds. The van der Waals surface area contributed by atoms with E-state index in [0.29, 0.717) is 11.3 Å². The van der Waals surface area contributed by atoms with Gasteiger partial charge < -0.3 is 4.74 Å². The maximum atomic E-state index is 11.9. The van der Waals surface area contributed by atoms with E-state index in [-0.39, 0.29) is 5.97 Å². The van der Waals surface area contributed by atoms with Crippen LogP contribution in [-0.4, -0.2) is 5.97 Å². The number of hydrogen-bond acceptors (Lipinski definition) is 3. The average Bonchev–Trinajstić information content (AvgIpc) is 3.04. The molecule has 3 heteroatoms. The Hall–Kier alpha value is -2.13. The lowest BCUT2D eigenvalue weighted by molar-refractivity contribution is -0.130. The van der Waals surface area contributed by atoms with Gasteiger partial charge in [0.25, 0.3) is 0 Å². The molecule has 0 fully saturated rings. The van der Waals surface area contributed by atoms with Crippen LogP contribution >= 0.6 is 11.3 Å². The Kier molecular flexibility index (Phi) is 3.28. The summed E-state index contributed by atoms with van der Waals surface area (Å²) in [5.41, 5.74) is 3.83. The van der Waals surface area contributed by atoms with Crippen molar-refractivity contribution in [3.05, 3.63) is 68.9 Å². The van der Waals surface area contributed by atoms with Gasteiger partial charge in [0, 0.05) is 10.4 Å². The van der Waals surface area contributed by atoms with Gasteiger partial charge in [-0.1, -0.05) is 23.8 Å². The summed E-state index contributed by atoms with van der Waals surface area (Å²) < 4.78 is 5.40. The Bertz CT molecular complexity index is 721. The molecule has 0 spiro atoms. The smallest absolute Gasteiger partial charge is 0.343 e. The highest BCUT2D eigenvalue weighted by Crippen LogP contribution is 2.30. The average molecular weight is 282 g/mol. The number of rotatable bonds is 2. The zero-order chi connectivity index (χ0) is 14.1. The molecular weight excluding hydrogens is 268 g/mol. The lowest BCUT2D eigenvalue weighted by atomic mass is 10.0. The van der Waals surface area contributed by atoms with Crippen LogP contribution in [0.3, 0.4) is 0 Å². The Morgan fingerprint density at radius 1 is 1.20 bits per heavy atom. The standard InChI is InChI=1S/C17H14O2S/c1-11-5-6-12(2)15(8-11)16-10-13(17(18)19-16)9-14-4-3-7-20-14/h3-10H,1-2H3. The van der Waals surface area contributed by atoms with Crippen LogP contribution in [0.5, 0.6) is 0 Å². The molecule has 1 aromatic heterocycles. The van der Waals surface area contributed by atoms with E-state index in [1.807, 2.05) is 55.6 Å². The molecule has 0 saturated heterocycles. The van der Waals surface area contributed by atoms with E-state index >= 15 is 0 Å². The van der Waals surface area contributed by atoms with Crippen molar-refractivity contribution in [2.24, 2.45) is 0 Å². The van der Waals surface area contributed by atoms with Gasteiger partial charge in [-0.3, -0.25) is 0 Å². The number of cyclic esters (lactones) is 1. The number of aryl methyl sites for hydroxylation is 2. The van der Waals surface area contributed by atoms with Crippen molar-refractivity contribution >= 4 is 29.1 Å². The molecule has 0 saturated carbocycles. The molecule has 2 aromatic rings. The number of esters is 1. The minimum absolute atomic E-state index is 0.283. The molecule has 0 atom stereocenters. The lowest BCUT2D eigenvalue weighted by Crippen LogP contribution is -1.98. The van der Waals surface area contributed by atoms with E-state index in [1.54, 1.807) is 11.3 Å². The maximum Gasteiger partial charge on any atom is 0.343 e. The summed E-state index contributed by atoms with van der Waals surface area (Å²) >= 11 is 1.60. The molecule has 3 rings (SSSR count). The SMILES string of the molecule is Cc1ccc(C)c(C2=CC(=Cc3cccs3)C(=O)O2)c1. The van der Waals surface area contributed by atoms with E-state index in [9.17, 15) is 4.79 Å². The van der Waals surface area contributed by atoms with Crippen molar-refractivity contribution < 1.29 is 9.53 Å². The fraction of sp³-hybridized carbons (Fsp3) is 0.118. The van der Waals surface area contributed by atoms with Crippen LogP contribution in [0.1, 0.15) is 21.6 Å². The number of carbonyl (C=O) groups is 1. The number of ether oxygens (including phenoxy) is 1. The van der Waals surface area contributed by atoms with Crippen LogP contribution in [0.2, 0.25) is 0 Å². The first kappa shape index (κ1) is 12.9. The van der Waals surface area contributed by atoms with Crippen molar-refractivity contribution in [3.8, 4) is 0 Å². The summed E-state index contributed by atoms with van der Waals surface area (Å²) in [5, 5.41) is 1.99. The summed E-state index contributed by atoms with van der Waals surface area (Å²) in [5.74, 6) is 0.355. The van der Waals surface area contributed by atoms with Crippen LogP contribution in [-0.2, 0) is 9.53 Å². The van der Waals surface area contributed by atoms with Crippen LogP contribution in [0.25, 0.3) is 11.8 Å². The highest BCUT2D eigenvalue weighted by molar-refractivity contribution is 7.10. The van der Waals surface area contributed by atoms with Crippen LogP contribution < -0.4 is 0 Å². The monoisotopic (exact) mass is 282 g/mol. The molecule has 1 aromatic carbocycles. The Morgan fingerprint density at radius 2 is 2.05 bits per heavy atom. The topological polar surface area (TPSA) is 26.3 Å². The van der Waals surface area contributed by atoms with Gasteiger partial charge in [-0.15, -0.1) is 11.3 Å². The van der Waals surface area contributed by atoms with E-state index in [1.165, 1.54) is 0 Å². The highest BCUT2D eigenvalue weighted by atomic mass is 32.1. The molecule has 20 heavy (non-hydrogen) atoms. The molecule has 2 heterocycles. The van der Waals surface area contributed by atoms with Crippen molar-refractivity contribution in [1.29, 1.82) is 0 Å². The largest absolute Gasteiger partial charge is 0.422 e. The highest BCUT2D eigenvalue weighted by Gasteiger charge is 2.23. The number of carbonyl (C=O) groups excluding carboxylic acids is 1. The van der Waals surface area contributed by atoms with Gasteiger partial charge in [0.2, 0.25) is 0 Å². The van der Waals surface area contributed by atoms with Crippen molar-refractivity contribution in [2.45, 2.75) is 13.8 Å². The van der Waals surface area contributed by atoms with Crippen molar-refractivity contribution in [3.63, 3.8) is 0 Å². The minimum Gasteiger partial charge on any atom is -0.422 e. The summed E-state index contributed by atoms with van der Waals surface area (Å²) in [7, 11) is 0. The first-order valence-corrected chi connectivity index (χ1v) is 7.28. The van der Waals surface area contributed by atoms with E-state index in [0.717, 1.165) is 21.6 Å². The Morgan fingerprint density at radius 3 is 2.80 bits per heavy atom. The molecule has 1 aliphatic rings. The summed E-state index contributed by atoms with van der Waals surface area (Å²) in [6, 6.07) is 10.1. The summed E-state index contributed by atoms with van der Waals surface area (Å²) in [6.45, 7) is 4.05. The van der Waals surface area contributed by atoms with Gasteiger partial charge in [-0.2, -0.15) is 0 Å².